The first-order valence-electron chi connectivity index (χ1n) is 7.68. The van der Waals surface area contributed by atoms with Crippen LogP contribution in [0.4, 0.5) is 0 Å². The number of benzene rings is 1. The average molecular weight is 313 g/mol. The Morgan fingerprint density at radius 3 is 3.09 bits per heavy atom. The molecular formula is C17H19N3OS. The van der Waals surface area contributed by atoms with Crippen molar-refractivity contribution in [2.45, 2.75) is 19.5 Å². The lowest BCUT2D eigenvalue weighted by molar-refractivity contribution is 0.187. The smallest absolute Gasteiger partial charge is 0.163 e. The third kappa shape index (κ3) is 2.79. The van der Waals surface area contributed by atoms with Gasteiger partial charge in [-0.25, -0.2) is 4.98 Å². The molecule has 1 N–H and O–H groups in total. The van der Waals surface area contributed by atoms with E-state index in [2.05, 4.69) is 34.3 Å². The molecule has 3 heterocycles. The first-order valence-corrected chi connectivity index (χ1v) is 8.50. The first-order chi connectivity index (χ1) is 10.8. The minimum atomic E-state index is 0.549. The molecule has 5 heteroatoms. The van der Waals surface area contributed by atoms with Gasteiger partial charge in [-0.05, 0) is 31.2 Å². The van der Waals surface area contributed by atoms with Crippen molar-refractivity contribution in [3.63, 3.8) is 0 Å². The summed E-state index contributed by atoms with van der Waals surface area (Å²) in [7, 11) is 0. The second-order valence-electron chi connectivity index (χ2n) is 5.84. The molecule has 114 valence electrons. The largest absolute Gasteiger partial charge is 0.457 e. The molecule has 3 aromatic rings. The Morgan fingerprint density at radius 1 is 1.32 bits per heavy atom. The van der Waals surface area contributed by atoms with Crippen LogP contribution in [0.3, 0.4) is 0 Å². The Kier molecular flexibility index (Phi) is 3.70. The van der Waals surface area contributed by atoms with Gasteiger partial charge in [-0.3, -0.25) is 4.90 Å². The quantitative estimate of drug-likeness (QED) is 0.805. The predicted molar refractivity (Wildman–Crippen MR) is 90.1 cm³/mol. The lowest BCUT2D eigenvalue weighted by Gasteiger charge is -2.31. The molecule has 1 saturated heterocycles. The van der Waals surface area contributed by atoms with Crippen LogP contribution >= 0.6 is 11.3 Å². The lowest BCUT2D eigenvalue weighted by Crippen LogP contribution is -2.48. The maximum atomic E-state index is 6.02. The van der Waals surface area contributed by atoms with Crippen LogP contribution in [0.5, 0.6) is 0 Å². The van der Waals surface area contributed by atoms with Gasteiger partial charge in [-0.15, -0.1) is 11.3 Å². The highest BCUT2D eigenvalue weighted by Crippen LogP contribution is 2.31. The summed E-state index contributed by atoms with van der Waals surface area (Å²) in [4.78, 5) is 7.09. The highest BCUT2D eigenvalue weighted by molar-refractivity contribution is 7.21. The van der Waals surface area contributed by atoms with E-state index in [1.165, 1.54) is 4.70 Å². The number of nitrogens with one attached hydrogen (secondary N) is 1. The van der Waals surface area contributed by atoms with E-state index in [-0.39, 0.29) is 0 Å². The van der Waals surface area contributed by atoms with Crippen molar-refractivity contribution in [1.82, 2.24) is 15.2 Å². The summed E-state index contributed by atoms with van der Waals surface area (Å²) in [5.74, 6) is 1.89. The molecule has 4 rings (SSSR count). The van der Waals surface area contributed by atoms with Crippen molar-refractivity contribution >= 4 is 21.6 Å². The van der Waals surface area contributed by atoms with Crippen molar-refractivity contribution in [3.05, 3.63) is 42.2 Å². The van der Waals surface area contributed by atoms with Gasteiger partial charge in [-0.2, -0.15) is 0 Å². The molecule has 0 aliphatic carbocycles. The summed E-state index contributed by atoms with van der Waals surface area (Å²) in [6.07, 6.45) is 0. The minimum absolute atomic E-state index is 0.549. The molecular weight excluding hydrogens is 294 g/mol. The summed E-state index contributed by atoms with van der Waals surface area (Å²) >= 11 is 1.68. The number of para-hydroxylation sites is 1. The van der Waals surface area contributed by atoms with Crippen LogP contribution in [0, 0.1) is 0 Å². The van der Waals surface area contributed by atoms with E-state index >= 15 is 0 Å². The molecule has 22 heavy (non-hydrogen) atoms. The second-order valence-corrected chi connectivity index (χ2v) is 6.87. The normalized spacial score (nSPS) is 19.8. The molecule has 1 aromatic carbocycles. The third-order valence-corrected chi connectivity index (χ3v) is 5.05. The van der Waals surface area contributed by atoms with E-state index in [0.29, 0.717) is 6.04 Å². The van der Waals surface area contributed by atoms with Crippen molar-refractivity contribution < 1.29 is 4.42 Å². The van der Waals surface area contributed by atoms with Crippen LogP contribution < -0.4 is 5.32 Å². The number of rotatable bonds is 3. The number of fused-ring (bicyclic) bond motifs is 1. The number of piperazine rings is 1. The Balaban J connectivity index is 1.53. The highest BCUT2D eigenvalue weighted by atomic mass is 32.1. The summed E-state index contributed by atoms with van der Waals surface area (Å²) < 4.78 is 7.22. The topological polar surface area (TPSA) is 41.3 Å². The highest BCUT2D eigenvalue weighted by Gasteiger charge is 2.17. The third-order valence-electron chi connectivity index (χ3n) is 4.00. The van der Waals surface area contributed by atoms with Crippen molar-refractivity contribution in [1.29, 1.82) is 0 Å². The Labute approximate surface area is 133 Å². The number of hydrogen-bond acceptors (Lipinski definition) is 5. The van der Waals surface area contributed by atoms with Crippen LogP contribution in [-0.2, 0) is 6.54 Å². The monoisotopic (exact) mass is 313 g/mol. The number of aromatic nitrogens is 1. The van der Waals surface area contributed by atoms with Crippen LogP contribution in [0.2, 0.25) is 0 Å². The van der Waals surface area contributed by atoms with Gasteiger partial charge in [-0.1, -0.05) is 12.1 Å². The van der Waals surface area contributed by atoms with Crippen molar-refractivity contribution in [3.8, 4) is 10.8 Å². The molecule has 0 radical (unpaired) electrons. The van der Waals surface area contributed by atoms with Gasteiger partial charge in [0.25, 0.3) is 0 Å². The zero-order valence-corrected chi connectivity index (χ0v) is 13.4. The Hall–Kier alpha value is -1.69. The van der Waals surface area contributed by atoms with Crippen LogP contribution in [0.1, 0.15) is 12.7 Å². The van der Waals surface area contributed by atoms with Crippen LogP contribution in [-0.4, -0.2) is 35.6 Å². The molecule has 2 aromatic heterocycles. The van der Waals surface area contributed by atoms with E-state index in [0.717, 1.165) is 48.2 Å². The van der Waals surface area contributed by atoms with Crippen molar-refractivity contribution in [2.24, 2.45) is 0 Å². The number of furan rings is 1. The molecule has 0 amide bonds. The predicted octanol–water partition coefficient (Wildman–Crippen LogP) is 3.35. The van der Waals surface area contributed by atoms with E-state index in [4.69, 9.17) is 4.42 Å². The summed E-state index contributed by atoms with van der Waals surface area (Å²) in [5, 5.41) is 4.42. The maximum Gasteiger partial charge on any atom is 0.163 e. The standard InChI is InChI=1S/C17H19N3OS/c1-12-10-20(9-8-18-12)11-13-6-7-15(21-13)17-19-14-4-2-3-5-16(14)22-17/h2-7,12,18H,8-11H2,1H3/t12-/m0/s1. The van der Waals surface area contributed by atoms with Gasteiger partial charge in [0.1, 0.15) is 5.76 Å². The van der Waals surface area contributed by atoms with E-state index < -0.39 is 0 Å². The van der Waals surface area contributed by atoms with Crippen molar-refractivity contribution in [2.75, 3.05) is 19.6 Å². The number of hydrogen-bond donors (Lipinski definition) is 1. The second kappa shape index (κ2) is 5.83. The van der Waals surface area contributed by atoms with Crippen LogP contribution in [0.15, 0.2) is 40.8 Å². The molecule has 4 nitrogen and oxygen atoms in total. The molecule has 1 fully saturated rings. The Bertz CT molecular complexity index is 746. The number of nitrogens with zero attached hydrogens (tertiary/aromatic N) is 2. The SMILES string of the molecule is C[C@H]1CN(Cc2ccc(-c3nc4ccccc4s3)o2)CCN1. The van der Waals surface area contributed by atoms with E-state index in [1.807, 2.05) is 24.3 Å². The first kappa shape index (κ1) is 13.9. The van der Waals surface area contributed by atoms with Gasteiger partial charge < -0.3 is 9.73 Å². The molecule has 0 saturated carbocycles. The maximum absolute atomic E-state index is 6.02. The van der Waals surface area contributed by atoms with E-state index in [9.17, 15) is 0 Å². The summed E-state index contributed by atoms with van der Waals surface area (Å²) in [6, 6.07) is 12.9. The summed E-state index contributed by atoms with van der Waals surface area (Å²) in [6.45, 7) is 6.28. The van der Waals surface area contributed by atoms with Gasteiger partial charge in [0.15, 0.2) is 10.8 Å². The molecule has 0 spiro atoms. The van der Waals surface area contributed by atoms with Gasteiger partial charge >= 0.3 is 0 Å². The average Bonchev–Trinajstić information content (AvgIpc) is 3.13. The fourth-order valence-corrected chi connectivity index (χ4v) is 3.86. The zero-order valence-electron chi connectivity index (χ0n) is 12.6. The summed E-state index contributed by atoms with van der Waals surface area (Å²) in [5.41, 5.74) is 1.04. The molecule has 0 bridgehead atoms. The lowest BCUT2D eigenvalue weighted by atomic mass is 10.2. The van der Waals surface area contributed by atoms with E-state index in [1.54, 1.807) is 11.3 Å². The fourth-order valence-electron chi connectivity index (χ4n) is 2.93. The molecule has 1 atom stereocenters. The zero-order chi connectivity index (χ0) is 14.9. The van der Waals surface area contributed by atoms with Crippen LogP contribution in [0.25, 0.3) is 21.0 Å². The number of thiazole rings is 1. The minimum Gasteiger partial charge on any atom is -0.457 e. The molecule has 1 aliphatic rings. The fraction of sp³-hybridized carbons (Fsp3) is 0.353. The Morgan fingerprint density at radius 2 is 2.23 bits per heavy atom. The van der Waals surface area contributed by atoms with Gasteiger partial charge in [0.2, 0.25) is 0 Å². The van der Waals surface area contributed by atoms with Gasteiger partial charge in [0, 0.05) is 25.7 Å². The van der Waals surface area contributed by atoms with Gasteiger partial charge in [0.05, 0.1) is 16.8 Å². The molecule has 1 aliphatic heterocycles. The molecule has 0 unspecified atom stereocenters.